The molecular formula is C14H22N2. The molecule has 0 aliphatic heterocycles. The molecule has 1 aromatic rings. The number of aromatic nitrogens is 1. The smallest absolute Gasteiger partial charge is 0.0419 e. The van der Waals surface area contributed by atoms with Crippen LogP contribution in [0.25, 0.3) is 0 Å². The van der Waals surface area contributed by atoms with E-state index in [2.05, 4.69) is 24.9 Å². The fraction of sp³-hybridized carbons (Fsp3) is 0.643. The van der Waals surface area contributed by atoms with E-state index >= 15 is 0 Å². The van der Waals surface area contributed by atoms with Crippen LogP contribution in [0.4, 0.5) is 0 Å². The Kier molecular flexibility index (Phi) is 3.29. The minimum absolute atomic E-state index is 0.257. The Labute approximate surface area is 98.3 Å². The van der Waals surface area contributed by atoms with E-state index < -0.39 is 0 Å². The highest BCUT2D eigenvalue weighted by atomic mass is 14.7. The minimum atomic E-state index is 0.257. The van der Waals surface area contributed by atoms with Crippen LogP contribution >= 0.6 is 0 Å². The number of rotatable bonds is 3. The zero-order chi connectivity index (χ0) is 11.6. The lowest BCUT2D eigenvalue weighted by molar-refractivity contribution is 0.219. The van der Waals surface area contributed by atoms with Gasteiger partial charge in [-0.25, -0.2) is 0 Å². The van der Waals surface area contributed by atoms with E-state index in [1.54, 1.807) is 0 Å². The maximum atomic E-state index is 6.35. The summed E-state index contributed by atoms with van der Waals surface area (Å²) in [5.74, 6) is 0.648. The van der Waals surface area contributed by atoms with Gasteiger partial charge in [0.1, 0.15) is 0 Å². The van der Waals surface area contributed by atoms with Crippen molar-refractivity contribution in [3.63, 3.8) is 0 Å². The molecule has 2 atom stereocenters. The summed E-state index contributed by atoms with van der Waals surface area (Å²) in [4.78, 5) is 4.36. The summed E-state index contributed by atoms with van der Waals surface area (Å²) in [7, 11) is 0. The van der Waals surface area contributed by atoms with Gasteiger partial charge in [0.2, 0.25) is 0 Å². The molecule has 1 saturated carbocycles. The van der Waals surface area contributed by atoms with Gasteiger partial charge in [-0.3, -0.25) is 4.98 Å². The van der Waals surface area contributed by atoms with Crippen LogP contribution in [0.1, 0.15) is 38.8 Å². The monoisotopic (exact) mass is 218 g/mol. The first-order valence-corrected chi connectivity index (χ1v) is 6.25. The quantitative estimate of drug-likeness (QED) is 0.847. The van der Waals surface area contributed by atoms with Crippen molar-refractivity contribution < 1.29 is 0 Å². The zero-order valence-corrected chi connectivity index (χ0v) is 10.3. The van der Waals surface area contributed by atoms with Crippen molar-refractivity contribution in [1.82, 2.24) is 4.98 Å². The third-order valence-corrected chi connectivity index (χ3v) is 4.03. The topological polar surface area (TPSA) is 38.9 Å². The summed E-state index contributed by atoms with van der Waals surface area (Å²) in [6, 6.07) is 6.32. The third-order valence-electron chi connectivity index (χ3n) is 4.03. The second-order valence-corrected chi connectivity index (χ2v) is 5.68. The fourth-order valence-corrected chi connectivity index (χ4v) is 3.05. The summed E-state index contributed by atoms with van der Waals surface area (Å²) < 4.78 is 0. The number of nitrogens with two attached hydrogens (primary N) is 1. The van der Waals surface area contributed by atoms with Crippen molar-refractivity contribution in [2.75, 3.05) is 0 Å². The Bertz CT molecular complexity index is 332. The fourth-order valence-electron chi connectivity index (χ4n) is 3.05. The lowest BCUT2D eigenvalue weighted by atomic mass is 9.76. The largest absolute Gasteiger partial charge is 0.327 e. The lowest BCUT2D eigenvalue weighted by Gasteiger charge is -2.31. The Morgan fingerprint density at radius 2 is 2.31 bits per heavy atom. The van der Waals surface area contributed by atoms with Gasteiger partial charge in [-0.2, -0.15) is 0 Å². The molecule has 1 fully saturated rings. The number of pyridine rings is 1. The van der Waals surface area contributed by atoms with Crippen LogP contribution in [-0.2, 0) is 6.42 Å². The maximum Gasteiger partial charge on any atom is 0.0419 e. The molecule has 1 aliphatic rings. The molecule has 16 heavy (non-hydrogen) atoms. The van der Waals surface area contributed by atoms with Crippen LogP contribution < -0.4 is 5.73 Å². The van der Waals surface area contributed by atoms with E-state index in [1.807, 2.05) is 18.3 Å². The van der Waals surface area contributed by atoms with Crippen molar-refractivity contribution in [3.05, 3.63) is 30.1 Å². The van der Waals surface area contributed by atoms with Crippen molar-refractivity contribution in [2.45, 2.75) is 45.6 Å². The second-order valence-electron chi connectivity index (χ2n) is 5.68. The summed E-state index contributed by atoms with van der Waals surface area (Å²) in [5.41, 5.74) is 7.88. The maximum absolute atomic E-state index is 6.35. The predicted molar refractivity (Wildman–Crippen MR) is 67.0 cm³/mol. The van der Waals surface area contributed by atoms with E-state index in [-0.39, 0.29) is 6.04 Å². The van der Waals surface area contributed by atoms with Gasteiger partial charge in [0.05, 0.1) is 0 Å². The zero-order valence-electron chi connectivity index (χ0n) is 10.3. The third kappa shape index (κ3) is 2.43. The predicted octanol–water partition coefficient (Wildman–Crippen LogP) is 2.78. The molecule has 0 spiro atoms. The molecule has 0 bridgehead atoms. The summed E-state index contributed by atoms with van der Waals surface area (Å²) in [5, 5.41) is 0. The molecule has 2 N–H and O–H groups in total. The Hall–Kier alpha value is -0.890. The first-order chi connectivity index (χ1) is 7.59. The number of hydrogen-bond donors (Lipinski definition) is 1. The van der Waals surface area contributed by atoms with Gasteiger partial charge in [0.25, 0.3) is 0 Å². The van der Waals surface area contributed by atoms with Crippen LogP contribution in [0, 0.1) is 11.3 Å². The van der Waals surface area contributed by atoms with Crippen LogP contribution in [0.15, 0.2) is 24.4 Å². The molecule has 2 heteroatoms. The minimum Gasteiger partial charge on any atom is -0.327 e. The van der Waals surface area contributed by atoms with Gasteiger partial charge in [-0.05, 0) is 36.3 Å². The van der Waals surface area contributed by atoms with Crippen LogP contribution in [0.3, 0.4) is 0 Å². The van der Waals surface area contributed by atoms with E-state index in [0.29, 0.717) is 11.3 Å². The Morgan fingerprint density at radius 3 is 2.88 bits per heavy atom. The first kappa shape index (κ1) is 11.6. The van der Waals surface area contributed by atoms with Crippen LogP contribution in [0.2, 0.25) is 0 Å². The molecule has 2 unspecified atom stereocenters. The van der Waals surface area contributed by atoms with Gasteiger partial charge in [-0.15, -0.1) is 0 Å². The molecule has 0 radical (unpaired) electrons. The Balaban J connectivity index is 2.01. The molecular weight excluding hydrogens is 196 g/mol. The standard InChI is InChI=1S/C14H22N2/c1-14(2)8-5-7-12(14)13(15)10-11-6-3-4-9-16-11/h3-4,6,9,12-13H,5,7-8,10,15H2,1-2H3. The van der Waals surface area contributed by atoms with E-state index in [1.165, 1.54) is 19.3 Å². The average molecular weight is 218 g/mol. The van der Waals surface area contributed by atoms with Gasteiger partial charge < -0.3 is 5.73 Å². The van der Waals surface area contributed by atoms with Crippen molar-refractivity contribution in [2.24, 2.45) is 17.1 Å². The van der Waals surface area contributed by atoms with Crippen molar-refractivity contribution in [3.8, 4) is 0 Å². The molecule has 88 valence electrons. The van der Waals surface area contributed by atoms with Crippen LogP contribution in [0.5, 0.6) is 0 Å². The van der Waals surface area contributed by atoms with Gasteiger partial charge in [0, 0.05) is 24.4 Å². The average Bonchev–Trinajstić information content (AvgIpc) is 2.59. The van der Waals surface area contributed by atoms with Crippen molar-refractivity contribution in [1.29, 1.82) is 0 Å². The van der Waals surface area contributed by atoms with Gasteiger partial charge >= 0.3 is 0 Å². The van der Waals surface area contributed by atoms with Gasteiger partial charge in [-0.1, -0.05) is 26.3 Å². The van der Waals surface area contributed by atoms with Crippen molar-refractivity contribution >= 4 is 0 Å². The van der Waals surface area contributed by atoms with E-state index in [4.69, 9.17) is 5.73 Å². The highest BCUT2D eigenvalue weighted by Crippen LogP contribution is 2.44. The molecule has 2 nitrogen and oxygen atoms in total. The molecule has 1 aliphatic carbocycles. The van der Waals surface area contributed by atoms with Crippen LogP contribution in [-0.4, -0.2) is 11.0 Å². The highest BCUT2D eigenvalue weighted by Gasteiger charge is 2.37. The SMILES string of the molecule is CC1(C)CCCC1C(N)Cc1ccccn1. The molecule has 1 aromatic heterocycles. The number of hydrogen-bond acceptors (Lipinski definition) is 2. The summed E-state index contributed by atoms with van der Waals surface area (Å²) >= 11 is 0. The summed E-state index contributed by atoms with van der Waals surface area (Å²) in [6.07, 6.45) is 6.68. The molecule has 0 aromatic carbocycles. The van der Waals surface area contributed by atoms with E-state index in [9.17, 15) is 0 Å². The normalized spacial score (nSPS) is 25.6. The second kappa shape index (κ2) is 4.54. The highest BCUT2D eigenvalue weighted by molar-refractivity contribution is 5.06. The summed E-state index contributed by atoms with van der Waals surface area (Å²) in [6.45, 7) is 4.70. The first-order valence-electron chi connectivity index (χ1n) is 6.25. The Morgan fingerprint density at radius 1 is 1.50 bits per heavy atom. The van der Waals surface area contributed by atoms with Gasteiger partial charge in [0.15, 0.2) is 0 Å². The molecule has 0 saturated heterocycles. The van der Waals surface area contributed by atoms with E-state index in [0.717, 1.165) is 12.1 Å². The molecule has 2 rings (SSSR count). The lowest BCUT2D eigenvalue weighted by Crippen LogP contribution is -2.38. The molecule has 0 amide bonds. The number of nitrogens with zero attached hydrogens (tertiary/aromatic N) is 1. The molecule has 1 heterocycles.